The maximum atomic E-state index is 12.8. The molecule has 5 nitrogen and oxygen atoms in total. The zero-order valence-corrected chi connectivity index (χ0v) is 22.8. The van der Waals surface area contributed by atoms with Crippen LogP contribution >= 0.6 is 0 Å². The summed E-state index contributed by atoms with van der Waals surface area (Å²) in [4.78, 5) is 25.1. The predicted octanol–water partition coefficient (Wildman–Crippen LogP) is 5.98. The summed E-state index contributed by atoms with van der Waals surface area (Å²) in [5.41, 5.74) is 1.44. The summed E-state index contributed by atoms with van der Waals surface area (Å²) in [6.45, 7) is 11.4. The molecule has 0 aromatic carbocycles. The maximum Gasteiger partial charge on any atom is 0.336 e. The fourth-order valence-electron chi connectivity index (χ4n) is 11.5. The summed E-state index contributed by atoms with van der Waals surface area (Å²) in [5, 5.41) is 0. The molecular weight excluding hydrogens is 452 g/mol. The third kappa shape index (κ3) is 2.47. The van der Waals surface area contributed by atoms with E-state index in [1.54, 1.807) is 14.0 Å². The van der Waals surface area contributed by atoms with Gasteiger partial charge in [0.05, 0.1) is 0 Å². The van der Waals surface area contributed by atoms with Crippen LogP contribution in [0.4, 0.5) is 0 Å². The summed E-state index contributed by atoms with van der Waals surface area (Å²) in [7, 11) is 1.73. The number of ketones is 1. The highest BCUT2D eigenvalue weighted by molar-refractivity contribution is 5.96. The monoisotopic (exact) mass is 494 g/mol. The van der Waals surface area contributed by atoms with E-state index in [1.165, 1.54) is 44.9 Å². The van der Waals surface area contributed by atoms with Gasteiger partial charge < -0.3 is 14.2 Å². The summed E-state index contributed by atoms with van der Waals surface area (Å²) < 4.78 is 18.0. The minimum Gasteiger partial charge on any atom is -0.426 e. The summed E-state index contributed by atoms with van der Waals surface area (Å²) in [6.07, 6.45) is 15.1. The van der Waals surface area contributed by atoms with Crippen molar-refractivity contribution in [2.75, 3.05) is 7.11 Å². The van der Waals surface area contributed by atoms with E-state index >= 15 is 0 Å². The molecule has 0 amide bonds. The number of rotatable bonds is 2. The molecule has 2 heterocycles. The van der Waals surface area contributed by atoms with Gasteiger partial charge in [0.15, 0.2) is 12.1 Å². The van der Waals surface area contributed by atoms with E-state index in [9.17, 15) is 9.59 Å². The molecule has 5 fully saturated rings. The number of fused-ring (bicyclic) bond motifs is 2. The molecule has 10 atom stereocenters. The van der Waals surface area contributed by atoms with Crippen molar-refractivity contribution in [3.63, 3.8) is 0 Å². The molecule has 0 N–H and O–H groups in total. The average molecular weight is 495 g/mol. The molecule has 2 aliphatic heterocycles. The molecule has 7 rings (SSSR count). The van der Waals surface area contributed by atoms with Crippen LogP contribution in [0.25, 0.3) is 0 Å². The van der Waals surface area contributed by atoms with Gasteiger partial charge in [-0.15, -0.1) is 0 Å². The van der Waals surface area contributed by atoms with Crippen molar-refractivity contribution in [3.05, 3.63) is 23.8 Å². The van der Waals surface area contributed by atoms with Crippen molar-refractivity contribution in [1.29, 1.82) is 0 Å². The molecule has 0 aromatic rings. The van der Waals surface area contributed by atoms with E-state index in [1.807, 2.05) is 12.2 Å². The normalized spacial score (nSPS) is 56.1. The van der Waals surface area contributed by atoms with E-state index in [4.69, 9.17) is 14.2 Å². The number of carbonyl (C=O) groups excluding carboxylic acids is 2. The topological polar surface area (TPSA) is 61.8 Å². The van der Waals surface area contributed by atoms with Crippen LogP contribution in [0.5, 0.6) is 0 Å². The fourth-order valence-corrected chi connectivity index (χ4v) is 11.5. The first-order chi connectivity index (χ1) is 16.9. The van der Waals surface area contributed by atoms with E-state index in [0.29, 0.717) is 40.9 Å². The van der Waals surface area contributed by atoms with Crippen LogP contribution in [-0.2, 0) is 23.8 Å². The largest absolute Gasteiger partial charge is 0.426 e. The van der Waals surface area contributed by atoms with Gasteiger partial charge in [0.1, 0.15) is 0 Å². The lowest BCUT2D eigenvalue weighted by Gasteiger charge is -2.62. The second-order valence-corrected chi connectivity index (χ2v) is 14.6. The number of allylic oxidation sites excluding steroid dienone is 2. The first-order valence-electron chi connectivity index (χ1n) is 14.3. The highest BCUT2D eigenvalue weighted by atomic mass is 16.8. The van der Waals surface area contributed by atoms with Gasteiger partial charge in [-0.25, -0.2) is 4.79 Å². The molecule has 1 saturated heterocycles. The van der Waals surface area contributed by atoms with Crippen LogP contribution in [0.3, 0.4) is 0 Å². The average Bonchev–Trinajstić information content (AvgIpc) is 3.06. The van der Waals surface area contributed by atoms with Crippen LogP contribution in [0.15, 0.2) is 23.8 Å². The zero-order chi connectivity index (χ0) is 25.5. The van der Waals surface area contributed by atoms with Gasteiger partial charge in [0.2, 0.25) is 5.79 Å². The fraction of sp³-hybridized carbons (Fsp3) is 0.806. The predicted molar refractivity (Wildman–Crippen MR) is 134 cm³/mol. The number of hydrogen-bond acceptors (Lipinski definition) is 5. The lowest BCUT2D eigenvalue weighted by atomic mass is 9.42. The molecule has 0 unspecified atom stereocenters. The van der Waals surface area contributed by atoms with Crippen LogP contribution in [-0.4, -0.2) is 30.9 Å². The van der Waals surface area contributed by atoms with Gasteiger partial charge in [-0.2, -0.15) is 0 Å². The molecule has 3 spiro atoms. The number of methoxy groups -OCH3 is 1. The SMILES string of the molecule is CO[C@H]1O[C@]2(C=C(C)C(=O)O2)C[C@@H]1[C@H]1CC[C@@]2(C)[C@@H]3CC[C@H]4C(C)(C)C(=O)C=C[C@]45C[C@@]35CC[C@]12C. The van der Waals surface area contributed by atoms with Crippen LogP contribution < -0.4 is 0 Å². The van der Waals surface area contributed by atoms with E-state index < -0.39 is 5.79 Å². The van der Waals surface area contributed by atoms with Crippen LogP contribution in [0.2, 0.25) is 0 Å². The quantitative estimate of drug-likeness (QED) is 0.442. The smallest absolute Gasteiger partial charge is 0.336 e. The van der Waals surface area contributed by atoms with E-state index in [0.717, 1.165) is 0 Å². The maximum absolute atomic E-state index is 12.8. The van der Waals surface area contributed by atoms with Crippen molar-refractivity contribution in [2.45, 2.75) is 98.1 Å². The molecule has 0 aromatic heterocycles. The lowest BCUT2D eigenvalue weighted by molar-refractivity contribution is -0.234. The van der Waals surface area contributed by atoms with Gasteiger partial charge in [-0.3, -0.25) is 4.79 Å². The van der Waals surface area contributed by atoms with Gasteiger partial charge in [0.25, 0.3) is 0 Å². The Balaban J connectivity index is 1.22. The number of carbonyl (C=O) groups is 2. The molecule has 4 saturated carbocycles. The van der Waals surface area contributed by atoms with Crippen molar-refractivity contribution >= 4 is 11.8 Å². The lowest BCUT2D eigenvalue weighted by Crippen LogP contribution is -2.56. The van der Waals surface area contributed by atoms with Gasteiger partial charge >= 0.3 is 5.97 Å². The Hall–Kier alpha value is -1.46. The summed E-state index contributed by atoms with van der Waals surface area (Å²) in [6, 6.07) is 0. The Morgan fingerprint density at radius 3 is 2.42 bits per heavy atom. The molecule has 7 aliphatic rings. The molecule has 196 valence electrons. The van der Waals surface area contributed by atoms with Crippen LogP contribution in [0, 0.1) is 50.7 Å². The van der Waals surface area contributed by atoms with Crippen LogP contribution in [0.1, 0.15) is 86.0 Å². The first-order valence-corrected chi connectivity index (χ1v) is 14.3. The van der Waals surface area contributed by atoms with Crippen molar-refractivity contribution < 1.29 is 23.8 Å². The van der Waals surface area contributed by atoms with E-state index in [-0.39, 0.29) is 39.8 Å². The zero-order valence-electron chi connectivity index (χ0n) is 22.8. The summed E-state index contributed by atoms with van der Waals surface area (Å²) in [5.74, 6) is 0.959. The van der Waals surface area contributed by atoms with Gasteiger partial charge in [-0.1, -0.05) is 33.8 Å². The Labute approximate surface area is 215 Å². The second kappa shape index (κ2) is 6.75. The van der Waals surface area contributed by atoms with Crippen molar-refractivity contribution in [3.8, 4) is 0 Å². The Bertz CT molecular complexity index is 1120. The molecule has 0 bridgehead atoms. The molecule has 5 aliphatic carbocycles. The Morgan fingerprint density at radius 1 is 0.972 bits per heavy atom. The highest BCUT2D eigenvalue weighted by Crippen LogP contribution is 2.88. The minimum atomic E-state index is -0.957. The molecule has 36 heavy (non-hydrogen) atoms. The van der Waals surface area contributed by atoms with Gasteiger partial charge in [-0.05, 0) is 103 Å². The third-order valence-corrected chi connectivity index (χ3v) is 13.4. The number of hydrogen-bond donors (Lipinski definition) is 0. The van der Waals surface area contributed by atoms with Crippen molar-refractivity contribution in [1.82, 2.24) is 0 Å². The molecular formula is C31H42O5. The molecule has 0 radical (unpaired) electrons. The highest BCUT2D eigenvalue weighted by Gasteiger charge is 2.82. The minimum absolute atomic E-state index is 0.195. The Kier molecular flexibility index (Phi) is 4.43. The number of esters is 1. The van der Waals surface area contributed by atoms with E-state index in [2.05, 4.69) is 33.8 Å². The Morgan fingerprint density at radius 2 is 1.72 bits per heavy atom. The second-order valence-electron chi connectivity index (χ2n) is 14.6. The van der Waals surface area contributed by atoms with Gasteiger partial charge in [0, 0.05) is 30.4 Å². The standard InChI is InChI=1S/C31H42O5/c1-18-15-31(35-24(18)33)16-19(25(34-6)36-31)20-9-11-28(5)22-8-7-21-26(2,3)23(32)10-12-29(21)17-30(22,29)14-13-27(20,28)4/h10,12,15,19-22,25H,7-9,11,13-14,16-17H2,1-6H3/t19-,20-,21+,22+,25+,27-,28+,29+,30+,31-/m1/s1. The first kappa shape index (κ1) is 23.6. The third-order valence-electron chi connectivity index (χ3n) is 13.4. The summed E-state index contributed by atoms with van der Waals surface area (Å²) >= 11 is 0. The van der Waals surface area contributed by atoms with Crippen molar-refractivity contribution in [2.24, 2.45) is 50.7 Å². The molecule has 5 heteroatoms. The number of ether oxygens (including phenoxy) is 3.